The minimum absolute atomic E-state index is 0.103. The minimum Gasteiger partial charge on any atom is -0.351 e. The monoisotopic (exact) mass is 357 g/mol. The molecule has 0 radical (unpaired) electrons. The Balaban J connectivity index is 1.96. The van der Waals surface area contributed by atoms with E-state index in [1.807, 2.05) is 0 Å². The number of halogens is 1. The molecule has 0 aliphatic heterocycles. The first-order valence-corrected chi connectivity index (χ1v) is 9.41. The van der Waals surface area contributed by atoms with Gasteiger partial charge in [-0.3, -0.25) is 4.79 Å². The summed E-state index contributed by atoms with van der Waals surface area (Å²) in [6, 6.07) is 2.12. The van der Waals surface area contributed by atoms with Crippen molar-refractivity contribution in [3.63, 3.8) is 0 Å². The maximum Gasteiger partial charge on any atom is 0.261 e. The molecule has 0 bridgehead atoms. The largest absolute Gasteiger partial charge is 0.351 e. The molecule has 1 N–H and O–H groups in total. The first-order chi connectivity index (χ1) is 9.52. The van der Waals surface area contributed by atoms with Crippen LogP contribution in [-0.4, -0.2) is 17.8 Å². The van der Waals surface area contributed by atoms with Crippen molar-refractivity contribution in [3.05, 3.63) is 21.4 Å². The number of carbonyl (C=O) groups is 1. The van der Waals surface area contributed by atoms with Gasteiger partial charge in [0.2, 0.25) is 0 Å². The Bertz CT molecular complexity index is 444. The summed E-state index contributed by atoms with van der Waals surface area (Å²) in [6.07, 6.45) is 7.23. The zero-order valence-electron chi connectivity index (χ0n) is 12.4. The number of thiophene rings is 1. The summed E-state index contributed by atoms with van der Waals surface area (Å²) in [6.45, 7) is 5.12. The number of amides is 1. The molecule has 2 nitrogen and oxygen atoms in total. The fourth-order valence-electron chi connectivity index (χ4n) is 2.53. The van der Waals surface area contributed by atoms with E-state index in [-0.39, 0.29) is 11.3 Å². The van der Waals surface area contributed by atoms with E-state index < -0.39 is 0 Å². The second kappa shape index (κ2) is 7.08. The normalized spacial score (nSPS) is 15.6. The topological polar surface area (TPSA) is 29.1 Å². The van der Waals surface area contributed by atoms with Crippen LogP contribution in [0.4, 0.5) is 0 Å². The van der Waals surface area contributed by atoms with Gasteiger partial charge < -0.3 is 5.32 Å². The van der Waals surface area contributed by atoms with E-state index in [9.17, 15) is 4.79 Å². The maximum absolute atomic E-state index is 12.3. The predicted octanol–water partition coefficient (Wildman–Crippen LogP) is 4.56. The van der Waals surface area contributed by atoms with E-state index in [1.54, 1.807) is 11.3 Å². The van der Waals surface area contributed by atoms with E-state index in [0.29, 0.717) is 0 Å². The zero-order valence-corrected chi connectivity index (χ0v) is 14.8. The van der Waals surface area contributed by atoms with E-state index in [2.05, 4.69) is 41.2 Å². The number of hydrogen-bond donors (Lipinski definition) is 1. The molecule has 1 heterocycles. The van der Waals surface area contributed by atoms with Crippen LogP contribution in [-0.2, 0) is 12.8 Å². The highest BCUT2D eigenvalue weighted by molar-refractivity contribution is 9.09. The summed E-state index contributed by atoms with van der Waals surface area (Å²) in [7, 11) is 0. The minimum atomic E-state index is 0.103. The van der Waals surface area contributed by atoms with Crippen LogP contribution in [0, 0.1) is 5.41 Å². The van der Waals surface area contributed by atoms with Gasteiger partial charge in [-0.15, -0.1) is 11.3 Å². The second-order valence-corrected chi connectivity index (χ2v) is 8.34. The Morgan fingerprint density at radius 1 is 1.35 bits per heavy atom. The van der Waals surface area contributed by atoms with Crippen molar-refractivity contribution in [2.24, 2.45) is 5.41 Å². The van der Waals surface area contributed by atoms with Crippen LogP contribution in [0.5, 0.6) is 0 Å². The van der Waals surface area contributed by atoms with Crippen molar-refractivity contribution < 1.29 is 4.79 Å². The average molecular weight is 358 g/mol. The van der Waals surface area contributed by atoms with Crippen molar-refractivity contribution in [2.45, 2.75) is 52.4 Å². The third-order valence-electron chi connectivity index (χ3n) is 3.97. The van der Waals surface area contributed by atoms with E-state index in [1.165, 1.54) is 29.7 Å². The summed E-state index contributed by atoms with van der Waals surface area (Å²) in [5, 5.41) is 4.07. The lowest BCUT2D eigenvalue weighted by Crippen LogP contribution is -2.33. The van der Waals surface area contributed by atoms with Crippen LogP contribution >= 0.6 is 27.3 Å². The van der Waals surface area contributed by atoms with Gasteiger partial charge in [-0.05, 0) is 49.1 Å². The quantitative estimate of drug-likeness (QED) is 0.607. The van der Waals surface area contributed by atoms with E-state index >= 15 is 0 Å². The number of rotatable bonds is 5. The zero-order chi connectivity index (χ0) is 14.6. The summed E-state index contributed by atoms with van der Waals surface area (Å²) in [5.41, 5.74) is 1.56. The van der Waals surface area contributed by atoms with E-state index in [0.717, 1.165) is 36.0 Å². The SMILES string of the molecule is CC(C)(CCBr)CNC(=O)c1cc2c(s1)CCCCC2. The molecule has 0 aromatic carbocycles. The number of hydrogen-bond acceptors (Lipinski definition) is 2. The Hall–Kier alpha value is -0.350. The highest BCUT2D eigenvalue weighted by atomic mass is 79.9. The fraction of sp³-hybridized carbons (Fsp3) is 0.688. The number of alkyl halides is 1. The van der Waals surface area contributed by atoms with Gasteiger partial charge in [0.25, 0.3) is 5.91 Å². The molecule has 0 unspecified atom stereocenters. The summed E-state index contributed by atoms with van der Waals surface area (Å²) < 4.78 is 0. The van der Waals surface area contributed by atoms with Gasteiger partial charge in [0.05, 0.1) is 4.88 Å². The molecule has 1 amide bonds. The molecule has 1 aliphatic carbocycles. The third kappa shape index (κ3) is 4.32. The third-order valence-corrected chi connectivity index (χ3v) is 5.60. The van der Waals surface area contributed by atoms with Gasteiger partial charge in [-0.25, -0.2) is 0 Å². The number of carbonyl (C=O) groups excluding carboxylic acids is 1. The van der Waals surface area contributed by atoms with Crippen molar-refractivity contribution in [1.82, 2.24) is 5.32 Å². The van der Waals surface area contributed by atoms with Gasteiger partial charge in [0, 0.05) is 16.8 Å². The molecule has 112 valence electrons. The number of nitrogens with one attached hydrogen (secondary N) is 1. The van der Waals surface area contributed by atoms with Gasteiger partial charge >= 0.3 is 0 Å². The Labute approximate surface area is 134 Å². The highest BCUT2D eigenvalue weighted by Gasteiger charge is 2.20. The van der Waals surface area contributed by atoms with E-state index in [4.69, 9.17) is 0 Å². The molecular weight excluding hydrogens is 334 g/mol. The molecule has 1 aromatic rings. The van der Waals surface area contributed by atoms with Crippen LogP contribution in [0.15, 0.2) is 6.07 Å². The van der Waals surface area contributed by atoms with Crippen LogP contribution in [0.25, 0.3) is 0 Å². The Morgan fingerprint density at radius 3 is 2.85 bits per heavy atom. The highest BCUT2D eigenvalue weighted by Crippen LogP contribution is 2.29. The van der Waals surface area contributed by atoms with Crippen LogP contribution < -0.4 is 5.32 Å². The fourth-order valence-corrected chi connectivity index (χ4v) is 4.77. The van der Waals surface area contributed by atoms with Crippen molar-refractivity contribution in [1.29, 1.82) is 0 Å². The lowest BCUT2D eigenvalue weighted by atomic mass is 9.90. The molecule has 20 heavy (non-hydrogen) atoms. The average Bonchev–Trinajstić information content (AvgIpc) is 2.68. The first-order valence-electron chi connectivity index (χ1n) is 7.47. The van der Waals surface area contributed by atoms with Crippen LogP contribution in [0.1, 0.15) is 59.6 Å². The van der Waals surface area contributed by atoms with Crippen molar-refractivity contribution >= 4 is 33.2 Å². The van der Waals surface area contributed by atoms with Gasteiger partial charge in [-0.2, -0.15) is 0 Å². The molecule has 2 rings (SSSR count). The second-order valence-electron chi connectivity index (χ2n) is 6.41. The Kier molecular flexibility index (Phi) is 5.67. The van der Waals surface area contributed by atoms with Gasteiger partial charge in [-0.1, -0.05) is 36.2 Å². The standard InChI is InChI=1S/C16H24BrNOS/c1-16(2,8-9-17)11-18-15(19)14-10-12-6-4-3-5-7-13(12)20-14/h10H,3-9,11H2,1-2H3,(H,18,19). The summed E-state index contributed by atoms with van der Waals surface area (Å²) >= 11 is 5.17. The lowest BCUT2D eigenvalue weighted by molar-refractivity contribution is 0.0940. The van der Waals surface area contributed by atoms with Crippen LogP contribution in [0.2, 0.25) is 0 Å². The Morgan fingerprint density at radius 2 is 2.10 bits per heavy atom. The van der Waals surface area contributed by atoms with Crippen molar-refractivity contribution in [3.8, 4) is 0 Å². The molecule has 1 aromatic heterocycles. The predicted molar refractivity (Wildman–Crippen MR) is 90.1 cm³/mol. The lowest BCUT2D eigenvalue weighted by Gasteiger charge is -2.23. The summed E-state index contributed by atoms with van der Waals surface area (Å²) in [5.74, 6) is 0.103. The maximum atomic E-state index is 12.3. The van der Waals surface area contributed by atoms with Crippen molar-refractivity contribution in [2.75, 3.05) is 11.9 Å². The molecule has 4 heteroatoms. The molecule has 0 fully saturated rings. The van der Waals surface area contributed by atoms with Gasteiger partial charge in [0.1, 0.15) is 0 Å². The smallest absolute Gasteiger partial charge is 0.261 e. The molecule has 0 saturated heterocycles. The molecular formula is C16H24BrNOS. The molecule has 0 spiro atoms. The van der Waals surface area contributed by atoms with Gasteiger partial charge in [0.15, 0.2) is 0 Å². The summed E-state index contributed by atoms with van der Waals surface area (Å²) in [4.78, 5) is 14.6. The first kappa shape index (κ1) is 16.0. The molecule has 1 aliphatic rings. The molecule has 0 saturated carbocycles. The molecule has 0 atom stereocenters. The number of aryl methyl sites for hydroxylation is 2. The van der Waals surface area contributed by atoms with Crippen LogP contribution in [0.3, 0.4) is 0 Å². The number of fused-ring (bicyclic) bond motifs is 1.